The van der Waals surface area contributed by atoms with E-state index in [0.717, 1.165) is 18.0 Å². The topological polar surface area (TPSA) is 54.0 Å². The van der Waals surface area contributed by atoms with Gasteiger partial charge in [0.05, 0.1) is 17.4 Å². The van der Waals surface area contributed by atoms with Crippen molar-refractivity contribution in [2.45, 2.75) is 32.2 Å². The maximum absolute atomic E-state index is 12.1. The highest BCUT2D eigenvalue weighted by Gasteiger charge is 2.24. The van der Waals surface area contributed by atoms with Crippen molar-refractivity contribution in [3.8, 4) is 0 Å². The van der Waals surface area contributed by atoms with Crippen LogP contribution in [0.15, 0.2) is 18.5 Å². The minimum absolute atomic E-state index is 0.0232. The van der Waals surface area contributed by atoms with Gasteiger partial charge in [0.1, 0.15) is 0 Å². The first-order valence-electron chi connectivity index (χ1n) is 6.13. The van der Waals surface area contributed by atoms with E-state index in [2.05, 4.69) is 22.5 Å². The minimum Gasteiger partial charge on any atom is -0.386 e. The monoisotopic (exact) mass is 233 g/mol. The van der Waals surface area contributed by atoms with Gasteiger partial charge in [0.2, 0.25) is 0 Å². The molecular weight excluding hydrogens is 214 g/mol. The van der Waals surface area contributed by atoms with Crippen LogP contribution in [0.5, 0.6) is 0 Å². The van der Waals surface area contributed by atoms with Crippen molar-refractivity contribution in [2.75, 3.05) is 12.4 Å². The predicted molar refractivity (Wildman–Crippen MR) is 68.1 cm³/mol. The van der Waals surface area contributed by atoms with Crippen LogP contribution < -0.4 is 10.6 Å². The van der Waals surface area contributed by atoms with Gasteiger partial charge in [-0.2, -0.15) is 0 Å². The Morgan fingerprint density at radius 3 is 3.00 bits per heavy atom. The van der Waals surface area contributed by atoms with Gasteiger partial charge in [-0.05, 0) is 25.3 Å². The highest BCUT2D eigenvalue weighted by molar-refractivity contribution is 5.99. The number of anilines is 1. The lowest BCUT2D eigenvalue weighted by atomic mass is 10.1. The number of carbonyl (C=O) groups is 1. The van der Waals surface area contributed by atoms with Crippen LogP contribution in [0.2, 0.25) is 0 Å². The molecule has 2 N–H and O–H groups in total. The van der Waals surface area contributed by atoms with E-state index in [-0.39, 0.29) is 11.9 Å². The summed E-state index contributed by atoms with van der Waals surface area (Å²) >= 11 is 0. The molecule has 0 saturated heterocycles. The molecule has 1 unspecified atom stereocenters. The number of nitrogens with one attached hydrogen (secondary N) is 2. The second-order valence-electron chi connectivity index (χ2n) is 4.72. The van der Waals surface area contributed by atoms with Gasteiger partial charge in [0, 0.05) is 19.3 Å². The number of rotatable bonds is 5. The highest BCUT2D eigenvalue weighted by Crippen LogP contribution is 2.33. The van der Waals surface area contributed by atoms with Crippen molar-refractivity contribution in [3.05, 3.63) is 24.0 Å². The zero-order chi connectivity index (χ0) is 12.3. The fraction of sp³-hybridized carbons (Fsp3) is 0.538. The van der Waals surface area contributed by atoms with Crippen LogP contribution in [-0.4, -0.2) is 24.0 Å². The molecule has 0 aliphatic heterocycles. The Balaban J connectivity index is 1.97. The Bertz CT molecular complexity index is 401. The quantitative estimate of drug-likeness (QED) is 0.818. The summed E-state index contributed by atoms with van der Waals surface area (Å²) in [7, 11) is 1.79. The van der Waals surface area contributed by atoms with Crippen molar-refractivity contribution in [3.63, 3.8) is 0 Å². The Kier molecular flexibility index (Phi) is 3.61. The van der Waals surface area contributed by atoms with Gasteiger partial charge >= 0.3 is 0 Å². The smallest absolute Gasteiger partial charge is 0.253 e. The van der Waals surface area contributed by atoms with Gasteiger partial charge in [-0.15, -0.1) is 0 Å². The Hall–Kier alpha value is -1.58. The molecule has 1 aromatic rings. The Morgan fingerprint density at radius 1 is 1.59 bits per heavy atom. The lowest BCUT2D eigenvalue weighted by Crippen LogP contribution is -2.33. The molecule has 1 heterocycles. The largest absolute Gasteiger partial charge is 0.386 e. The van der Waals surface area contributed by atoms with E-state index in [0.29, 0.717) is 5.56 Å². The van der Waals surface area contributed by atoms with Crippen LogP contribution >= 0.6 is 0 Å². The molecule has 4 heteroatoms. The molecule has 0 spiro atoms. The lowest BCUT2D eigenvalue weighted by Gasteiger charge is -2.14. The molecule has 0 bridgehead atoms. The first kappa shape index (κ1) is 11.9. The molecule has 1 amide bonds. The zero-order valence-corrected chi connectivity index (χ0v) is 10.4. The molecule has 1 aliphatic carbocycles. The van der Waals surface area contributed by atoms with Crippen LogP contribution in [0.25, 0.3) is 0 Å². The summed E-state index contributed by atoms with van der Waals surface area (Å²) in [6, 6.07) is 1.98. The van der Waals surface area contributed by atoms with E-state index in [1.807, 2.05) is 0 Å². The van der Waals surface area contributed by atoms with Crippen LogP contribution in [0, 0.1) is 5.92 Å². The number of hydrogen-bond acceptors (Lipinski definition) is 3. The Morgan fingerprint density at radius 2 is 2.35 bits per heavy atom. The molecule has 0 aromatic carbocycles. The van der Waals surface area contributed by atoms with Crippen LogP contribution in [-0.2, 0) is 0 Å². The number of nitrogens with zero attached hydrogens (tertiary/aromatic N) is 1. The van der Waals surface area contributed by atoms with Crippen molar-refractivity contribution >= 4 is 11.6 Å². The van der Waals surface area contributed by atoms with Gasteiger partial charge in [-0.1, -0.05) is 12.8 Å². The lowest BCUT2D eigenvalue weighted by molar-refractivity contribution is 0.0938. The van der Waals surface area contributed by atoms with E-state index >= 15 is 0 Å². The zero-order valence-electron chi connectivity index (χ0n) is 10.4. The van der Waals surface area contributed by atoms with Gasteiger partial charge in [0.25, 0.3) is 5.91 Å². The maximum atomic E-state index is 12.1. The molecule has 4 nitrogen and oxygen atoms in total. The summed E-state index contributed by atoms with van der Waals surface area (Å²) < 4.78 is 0. The van der Waals surface area contributed by atoms with Crippen LogP contribution in [0.3, 0.4) is 0 Å². The molecule has 1 fully saturated rings. The molecule has 2 rings (SSSR count). The first-order valence-corrected chi connectivity index (χ1v) is 6.13. The van der Waals surface area contributed by atoms with Crippen molar-refractivity contribution < 1.29 is 4.79 Å². The van der Waals surface area contributed by atoms with E-state index in [9.17, 15) is 4.79 Å². The molecule has 1 aromatic heterocycles. The fourth-order valence-corrected chi connectivity index (χ4v) is 2.01. The fourth-order valence-electron chi connectivity index (χ4n) is 2.01. The van der Waals surface area contributed by atoms with Crippen LogP contribution in [0.1, 0.15) is 36.5 Å². The second-order valence-corrected chi connectivity index (χ2v) is 4.72. The third-order valence-corrected chi connectivity index (χ3v) is 3.10. The summed E-state index contributed by atoms with van der Waals surface area (Å²) in [5.74, 6) is 0.802. The van der Waals surface area contributed by atoms with Gasteiger partial charge in [0.15, 0.2) is 0 Å². The number of amides is 1. The summed E-state index contributed by atoms with van der Waals surface area (Å²) in [4.78, 5) is 16.1. The molecule has 1 atom stereocenters. The van der Waals surface area contributed by atoms with Gasteiger partial charge in [-0.3, -0.25) is 9.78 Å². The van der Waals surface area contributed by atoms with Gasteiger partial charge in [-0.25, -0.2) is 0 Å². The van der Waals surface area contributed by atoms with E-state index in [1.165, 1.54) is 12.8 Å². The Labute approximate surface area is 102 Å². The van der Waals surface area contributed by atoms with Gasteiger partial charge < -0.3 is 10.6 Å². The molecule has 0 radical (unpaired) electrons. The molecule has 1 saturated carbocycles. The summed E-state index contributed by atoms with van der Waals surface area (Å²) in [6.07, 6.45) is 7.03. The van der Waals surface area contributed by atoms with Crippen molar-refractivity contribution in [1.29, 1.82) is 0 Å². The number of hydrogen-bond donors (Lipinski definition) is 2. The van der Waals surface area contributed by atoms with Crippen LogP contribution in [0.4, 0.5) is 5.69 Å². The molecule has 17 heavy (non-hydrogen) atoms. The summed E-state index contributed by atoms with van der Waals surface area (Å²) in [5, 5.41) is 6.02. The summed E-state index contributed by atoms with van der Waals surface area (Å²) in [6.45, 7) is 2.07. The molecule has 1 aliphatic rings. The second kappa shape index (κ2) is 5.17. The average Bonchev–Trinajstić information content (AvgIpc) is 3.12. The standard InChI is InChI=1S/C13H19N3O/c1-9(7-10-3-4-10)16-13(17)11-5-6-15-8-12(11)14-2/h5-6,8-10,14H,3-4,7H2,1-2H3,(H,16,17). The highest BCUT2D eigenvalue weighted by atomic mass is 16.1. The summed E-state index contributed by atoms with van der Waals surface area (Å²) in [5.41, 5.74) is 1.42. The third kappa shape index (κ3) is 3.19. The number of carbonyl (C=O) groups excluding carboxylic acids is 1. The van der Waals surface area contributed by atoms with Crippen molar-refractivity contribution in [1.82, 2.24) is 10.3 Å². The first-order chi connectivity index (χ1) is 8.20. The molecular formula is C13H19N3O. The minimum atomic E-state index is -0.0232. The predicted octanol–water partition coefficient (Wildman–Crippen LogP) is 2.04. The third-order valence-electron chi connectivity index (χ3n) is 3.10. The van der Waals surface area contributed by atoms with E-state index in [1.54, 1.807) is 25.5 Å². The average molecular weight is 233 g/mol. The normalized spacial score (nSPS) is 16.4. The molecule has 92 valence electrons. The van der Waals surface area contributed by atoms with E-state index < -0.39 is 0 Å². The SMILES string of the molecule is CNc1cnccc1C(=O)NC(C)CC1CC1. The number of pyridine rings is 1. The van der Waals surface area contributed by atoms with E-state index in [4.69, 9.17) is 0 Å². The maximum Gasteiger partial charge on any atom is 0.253 e. The van der Waals surface area contributed by atoms with Crippen molar-refractivity contribution in [2.24, 2.45) is 5.92 Å². The number of aromatic nitrogens is 1.